The van der Waals surface area contributed by atoms with Crippen molar-refractivity contribution in [1.82, 2.24) is 0 Å². The summed E-state index contributed by atoms with van der Waals surface area (Å²) in [6, 6.07) is 0. The second kappa shape index (κ2) is 17.1. The van der Waals surface area contributed by atoms with Gasteiger partial charge in [-0.15, -0.1) is 6.58 Å². The van der Waals surface area contributed by atoms with Gasteiger partial charge in [-0.1, -0.05) is 48.3 Å². The maximum atomic E-state index is 10.4. The van der Waals surface area contributed by atoms with E-state index in [0.717, 1.165) is 38.5 Å². The molecule has 0 radical (unpaired) electrons. The molecule has 0 aromatic carbocycles. The average molecular weight is 426 g/mol. The molecule has 0 aromatic heterocycles. The van der Waals surface area contributed by atoms with Crippen molar-refractivity contribution in [3.05, 3.63) is 46.6 Å². The van der Waals surface area contributed by atoms with Gasteiger partial charge in [-0.25, -0.2) is 0 Å². The first-order valence-electron chi connectivity index (χ1n) is 8.09. The van der Waals surface area contributed by atoms with Crippen LogP contribution in [0.3, 0.4) is 0 Å². The molecule has 0 atom stereocenters. The Morgan fingerprint density at radius 3 is 2.35 bits per heavy atom. The molecule has 0 aliphatic heterocycles. The molecule has 0 heterocycles. The van der Waals surface area contributed by atoms with Crippen molar-refractivity contribution >= 4 is 28.6 Å². The average Bonchev–Trinajstić information content (AvgIpc) is 2.52. The van der Waals surface area contributed by atoms with Gasteiger partial charge in [0.25, 0.3) is 0 Å². The van der Waals surface area contributed by atoms with E-state index in [-0.39, 0.29) is 6.42 Å². The summed E-state index contributed by atoms with van der Waals surface area (Å²) in [5.41, 5.74) is 0. The van der Waals surface area contributed by atoms with E-state index in [1.165, 1.54) is 10.0 Å². The summed E-state index contributed by atoms with van der Waals surface area (Å²) in [5.74, 6) is 5.55. The Kier molecular flexibility index (Phi) is 16.1. The van der Waals surface area contributed by atoms with Crippen molar-refractivity contribution in [3.8, 4) is 11.8 Å². The Labute approximate surface area is 154 Å². The molecule has 0 aliphatic rings. The minimum Gasteiger partial charge on any atom is -0.481 e. The van der Waals surface area contributed by atoms with E-state index in [2.05, 4.69) is 71.4 Å². The van der Waals surface area contributed by atoms with Crippen LogP contribution in [0.15, 0.2) is 46.6 Å². The van der Waals surface area contributed by atoms with E-state index in [4.69, 9.17) is 5.11 Å². The maximum absolute atomic E-state index is 10.4. The number of unbranched alkanes of at least 4 members (excludes halogenated alkanes) is 3. The van der Waals surface area contributed by atoms with E-state index in [1.807, 2.05) is 6.08 Å². The van der Waals surface area contributed by atoms with Crippen molar-refractivity contribution in [2.45, 2.75) is 57.8 Å². The number of rotatable bonds is 12. The van der Waals surface area contributed by atoms with E-state index < -0.39 is 5.97 Å². The number of hydrogen-bond acceptors (Lipinski definition) is 1. The molecule has 2 nitrogen and oxygen atoms in total. The van der Waals surface area contributed by atoms with E-state index >= 15 is 0 Å². The van der Waals surface area contributed by atoms with Crippen molar-refractivity contribution in [3.63, 3.8) is 0 Å². The molecule has 0 saturated heterocycles. The number of carboxylic acids is 1. The third-order valence-corrected chi connectivity index (χ3v) is 3.83. The summed E-state index contributed by atoms with van der Waals surface area (Å²) < 4.78 is 1.25. The lowest BCUT2D eigenvalue weighted by atomic mass is 10.2. The molecule has 23 heavy (non-hydrogen) atoms. The van der Waals surface area contributed by atoms with E-state index in [0.29, 0.717) is 6.42 Å². The van der Waals surface area contributed by atoms with Gasteiger partial charge in [0.05, 0.1) is 0 Å². The van der Waals surface area contributed by atoms with Crippen molar-refractivity contribution in [1.29, 1.82) is 0 Å². The molecule has 3 heteroatoms. The van der Waals surface area contributed by atoms with Gasteiger partial charge in [-0.3, -0.25) is 4.79 Å². The van der Waals surface area contributed by atoms with Gasteiger partial charge in [0.15, 0.2) is 0 Å². The first-order chi connectivity index (χ1) is 11.2. The standard InChI is InChI=1S/C20H27IO2/c1-2-3-4-5-6-7-8-9-10-11-12-13-16-19(21)17-14-15-18-20(22)23/h2,6-7,12-13,17H,1,3-5,8,11,14-16,18H2,(H,22,23)/b7-6-,13-12-,19-17+. The molecule has 0 rings (SSSR count). The fraction of sp³-hybridized carbons (Fsp3) is 0.450. The number of hydrogen-bond donors (Lipinski definition) is 1. The minimum absolute atomic E-state index is 0.245. The molecule has 1 N–H and O–H groups in total. The summed E-state index contributed by atoms with van der Waals surface area (Å²) in [6.45, 7) is 3.70. The quantitative estimate of drug-likeness (QED) is 0.175. The molecule has 0 saturated carbocycles. The second-order valence-corrected chi connectivity index (χ2v) is 6.45. The maximum Gasteiger partial charge on any atom is 0.303 e. The molecular formula is C20H27IO2. The lowest BCUT2D eigenvalue weighted by Gasteiger charge is -1.94. The number of carbonyl (C=O) groups is 1. The zero-order chi connectivity index (χ0) is 17.2. The molecule has 0 aromatic rings. The Morgan fingerprint density at radius 2 is 1.70 bits per heavy atom. The fourth-order valence-corrected chi connectivity index (χ4v) is 2.28. The smallest absolute Gasteiger partial charge is 0.303 e. The Bertz CT molecular complexity index is 476. The van der Waals surface area contributed by atoms with Crippen LogP contribution in [0.25, 0.3) is 0 Å². The number of allylic oxidation sites excluding steroid dienone is 7. The lowest BCUT2D eigenvalue weighted by Crippen LogP contribution is -1.92. The highest BCUT2D eigenvalue weighted by molar-refractivity contribution is 14.1. The largest absolute Gasteiger partial charge is 0.481 e. The first-order valence-corrected chi connectivity index (χ1v) is 9.17. The van der Waals surface area contributed by atoms with Gasteiger partial charge in [0.2, 0.25) is 0 Å². The van der Waals surface area contributed by atoms with Crippen LogP contribution < -0.4 is 0 Å². The first kappa shape index (κ1) is 21.7. The van der Waals surface area contributed by atoms with Gasteiger partial charge >= 0.3 is 5.97 Å². The zero-order valence-electron chi connectivity index (χ0n) is 13.8. The summed E-state index contributed by atoms with van der Waals surface area (Å²) in [7, 11) is 0. The van der Waals surface area contributed by atoms with Crippen LogP contribution in [0.2, 0.25) is 0 Å². The summed E-state index contributed by atoms with van der Waals surface area (Å²) in [4.78, 5) is 10.4. The van der Waals surface area contributed by atoms with E-state index in [9.17, 15) is 4.79 Å². The molecule has 126 valence electrons. The Balaban J connectivity index is 3.66. The minimum atomic E-state index is -0.724. The highest BCUT2D eigenvalue weighted by Crippen LogP contribution is 2.14. The van der Waals surface area contributed by atoms with Crippen molar-refractivity contribution in [2.75, 3.05) is 0 Å². The van der Waals surface area contributed by atoms with Crippen LogP contribution in [-0.2, 0) is 4.79 Å². The number of carboxylic acid groups (broad SMARTS) is 1. The Morgan fingerprint density at radius 1 is 1.00 bits per heavy atom. The van der Waals surface area contributed by atoms with Crippen LogP contribution in [0.5, 0.6) is 0 Å². The summed E-state index contributed by atoms with van der Waals surface area (Å²) in [5, 5.41) is 8.55. The fourth-order valence-electron chi connectivity index (χ4n) is 1.72. The van der Waals surface area contributed by atoms with E-state index in [1.54, 1.807) is 0 Å². The van der Waals surface area contributed by atoms with Crippen molar-refractivity contribution in [2.24, 2.45) is 0 Å². The number of halogens is 1. The van der Waals surface area contributed by atoms with Crippen LogP contribution in [-0.4, -0.2) is 11.1 Å². The molecule has 0 unspecified atom stereocenters. The predicted octanol–water partition coefficient (Wildman–Crippen LogP) is 6.20. The SMILES string of the molecule is C=CCCC/C=C\CC#CC/C=C\C/C(I)=C\CCCC(=O)O. The molecule has 0 aliphatic carbocycles. The van der Waals surface area contributed by atoms with Gasteiger partial charge in [0.1, 0.15) is 0 Å². The molecule has 0 fully saturated rings. The molecular weight excluding hydrogens is 399 g/mol. The van der Waals surface area contributed by atoms with Gasteiger partial charge < -0.3 is 5.11 Å². The molecule has 0 spiro atoms. The highest BCUT2D eigenvalue weighted by Gasteiger charge is 1.94. The van der Waals surface area contributed by atoms with Crippen LogP contribution >= 0.6 is 22.6 Å². The normalized spacial score (nSPS) is 11.6. The number of aliphatic carboxylic acids is 1. The third kappa shape index (κ3) is 18.7. The summed E-state index contributed by atoms with van der Waals surface area (Å²) >= 11 is 2.30. The Hall–Kier alpha value is -1.28. The van der Waals surface area contributed by atoms with Crippen molar-refractivity contribution < 1.29 is 9.90 Å². The second-order valence-electron chi connectivity index (χ2n) is 5.07. The summed E-state index contributed by atoms with van der Waals surface area (Å²) in [6.07, 6.45) is 20.2. The van der Waals surface area contributed by atoms with Crippen LogP contribution in [0, 0.1) is 11.8 Å². The zero-order valence-corrected chi connectivity index (χ0v) is 15.9. The predicted molar refractivity (Wildman–Crippen MR) is 108 cm³/mol. The topological polar surface area (TPSA) is 37.3 Å². The van der Waals surface area contributed by atoms with Crippen LogP contribution in [0.4, 0.5) is 0 Å². The van der Waals surface area contributed by atoms with Gasteiger partial charge in [-0.05, 0) is 64.7 Å². The highest BCUT2D eigenvalue weighted by atomic mass is 127. The van der Waals surface area contributed by atoms with Gasteiger partial charge in [0, 0.05) is 19.3 Å². The lowest BCUT2D eigenvalue weighted by molar-refractivity contribution is -0.137. The monoisotopic (exact) mass is 426 g/mol. The molecule has 0 bridgehead atoms. The third-order valence-electron chi connectivity index (χ3n) is 2.95. The van der Waals surface area contributed by atoms with Crippen LogP contribution in [0.1, 0.15) is 57.8 Å². The van der Waals surface area contributed by atoms with Gasteiger partial charge in [-0.2, -0.15) is 0 Å². The molecule has 0 amide bonds.